The third kappa shape index (κ3) is 7.31. The zero-order valence-electron chi connectivity index (χ0n) is 41.6. The fourth-order valence-electron chi connectivity index (χ4n) is 9.80. The minimum atomic E-state index is -2.73. The summed E-state index contributed by atoms with van der Waals surface area (Å²) in [6.07, 6.45) is 17.5. The molecule has 9 aromatic rings. The van der Waals surface area contributed by atoms with Crippen LogP contribution in [0.15, 0.2) is 140 Å². The third-order valence-electron chi connectivity index (χ3n) is 12.6. The van der Waals surface area contributed by atoms with E-state index in [1.165, 1.54) is 93.3 Å². The molecule has 2 saturated carbocycles. The number of fused-ring (bicyclic) bond motifs is 4. The monoisotopic (exact) mass is 983 g/mol. The topological polar surface area (TPSA) is 35.9 Å². The van der Waals surface area contributed by atoms with Crippen LogP contribution >= 0.6 is 0 Å². The van der Waals surface area contributed by atoms with Crippen LogP contribution in [0.25, 0.3) is 61.2 Å². The molecule has 0 unspecified atom stereocenters. The largest absolute Gasteiger partial charge is 0.510 e. The average Bonchev–Trinajstić information content (AvgIpc) is 3.91. The van der Waals surface area contributed by atoms with Crippen molar-refractivity contribution in [3.05, 3.63) is 175 Å². The normalized spacial score (nSPS) is 17.1. The first kappa shape index (κ1) is 31.1. The molecule has 306 valence electrons. The molecule has 0 aliphatic heterocycles. The minimum Gasteiger partial charge on any atom is -0.510 e. The number of aromatic nitrogens is 4. The number of para-hydroxylation sites is 4. The second kappa shape index (κ2) is 16.9. The minimum absolute atomic E-state index is 0. The van der Waals surface area contributed by atoms with Gasteiger partial charge in [-0.15, -0.1) is 29.7 Å². The van der Waals surface area contributed by atoms with Gasteiger partial charge in [0.25, 0.3) is 6.33 Å². The van der Waals surface area contributed by atoms with Gasteiger partial charge in [0, 0.05) is 54.0 Å². The van der Waals surface area contributed by atoms with E-state index in [1.807, 2.05) is 59.2 Å². The van der Waals surface area contributed by atoms with Gasteiger partial charge in [-0.25, -0.2) is 4.98 Å². The molecule has 0 bridgehead atoms. The van der Waals surface area contributed by atoms with Crippen molar-refractivity contribution >= 4 is 32.8 Å². The predicted octanol–water partition coefficient (Wildman–Crippen LogP) is 13.7. The van der Waals surface area contributed by atoms with Crippen LogP contribution in [0.4, 0.5) is 0 Å². The fourth-order valence-corrected chi connectivity index (χ4v) is 9.80. The predicted molar refractivity (Wildman–Crippen MR) is 242 cm³/mol. The van der Waals surface area contributed by atoms with E-state index in [9.17, 15) is 0 Å². The molecule has 0 saturated heterocycles. The smallest absolute Gasteiger partial charge is 0.268 e. The molecule has 0 atom stereocenters. The second-order valence-corrected chi connectivity index (χ2v) is 16.2. The number of aryl methyl sites for hydroxylation is 1. The maximum absolute atomic E-state index is 8.60. The van der Waals surface area contributed by atoms with Gasteiger partial charge >= 0.3 is 0 Å². The molecule has 2 fully saturated rings. The number of rotatable bonds is 8. The summed E-state index contributed by atoms with van der Waals surface area (Å²) in [6.45, 7) is -2.73. The van der Waals surface area contributed by atoms with Crippen LogP contribution < -0.4 is 9.30 Å². The maximum atomic E-state index is 8.60. The Hall–Kier alpha value is -5.77. The van der Waals surface area contributed by atoms with Gasteiger partial charge in [0.2, 0.25) is 0 Å². The van der Waals surface area contributed by atoms with Crippen molar-refractivity contribution in [2.45, 2.75) is 82.9 Å². The van der Waals surface area contributed by atoms with Gasteiger partial charge < -0.3 is 13.9 Å². The van der Waals surface area contributed by atoms with Gasteiger partial charge in [-0.2, -0.15) is 18.2 Å². The summed E-state index contributed by atoms with van der Waals surface area (Å²) in [5, 5.41) is 1.71. The van der Waals surface area contributed by atoms with Crippen LogP contribution in [0.1, 0.15) is 104 Å². The Morgan fingerprint density at radius 2 is 1.39 bits per heavy atom. The van der Waals surface area contributed by atoms with E-state index < -0.39 is 37.1 Å². The molecule has 6 aromatic carbocycles. The summed E-state index contributed by atoms with van der Waals surface area (Å²) < 4.78 is 80.2. The van der Waals surface area contributed by atoms with Gasteiger partial charge in [0.15, 0.2) is 0 Å². The third-order valence-corrected chi connectivity index (χ3v) is 12.6. The number of pyridine rings is 1. The molecule has 2 aliphatic rings. The Labute approximate surface area is 384 Å². The molecule has 2 aliphatic carbocycles. The van der Waals surface area contributed by atoms with Crippen molar-refractivity contribution < 1.29 is 41.3 Å². The summed E-state index contributed by atoms with van der Waals surface area (Å²) in [4.78, 5) is 4.71. The molecule has 61 heavy (non-hydrogen) atoms. The molecule has 5 nitrogen and oxygen atoms in total. The van der Waals surface area contributed by atoms with Crippen molar-refractivity contribution in [3.8, 4) is 39.8 Å². The Morgan fingerprint density at radius 3 is 2.15 bits per heavy atom. The van der Waals surface area contributed by atoms with E-state index in [0.717, 1.165) is 33.0 Å². The Balaban J connectivity index is 0.00000553. The van der Waals surface area contributed by atoms with E-state index in [2.05, 4.69) is 70.1 Å². The van der Waals surface area contributed by atoms with Crippen molar-refractivity contribution in [1.29, 1.82) is 0 Å². The summed E-state index contributed by atoms with van der Waals surface area (Å²) in [5.74, 6) is 2.14. The first-order chi connectivity index (χ1) is 33.0. The first-order valence-corrected chi connectivity index (χ1v) is 21.3. The number of hydrogen-bond acceptors (Lipinski definition) is 2. The molecular formula is C55H48N4OPt-2. The van der Waals surface area contributed by atoms with Gasteiger partial charge in [-0.1, -0.05) is 135 Å². The van der Waals surface area contributed by atoms with Crippen molar-refractivity contribution in [1.82, 2.24) is 14.1 Å². The van der Waals surface area contributed by atoms with Gasteiger partial charge in [0.1, 0.15) is 5.82 Å². The summed E-state index contributed by atoms with van der Waals surface area (Å²) in [7, 11) is 0. The SMILES string of the molecule is [2H]c1c([2H])c([2H])c(-c2cnc(-n3c4[c-]c(Oc5[c-]c(-n6[c-][n+](-c7c(C8CCCCC8)cccc7C7CCCCC7)c7ccccc76)ccc5)ccc4c4ccccc43)cc2C([2H])([2H])[2H])c([2H])c1[2H].[Pt]. The first-order valence-electron chi connectivity index (χ1n) is 25.3. The zero-order valence-corrected chi connectivity index (χ0v) is 35.9. The van der Waals surface area contributed by atoms with Crippen LogP contribution in [0, 0.1) is 25.3 Å². The summed E-state index contributed by atoms with van der Waals surface area (Å²) in [6, 6.07) is 38.5. The number of hydrogen-bond donors (Lipinski definition) is 0. The Kier molecular flexibility index (Phi) is 8.65. The Morgan fingerprint density at radius 1 is 0.705 bits per heavy atom. The van der Waals surface area contributed by atoms with E-state index in [1.54, 1.807) is 0 Å². The number of ether oxygens (including phenoxy) is 1. The summed E-state index contributed by atoms with van der Waals surface area (Å²) in [5.41, 5.74) is 7.82. The molecule has 0 spiro atoms. The molecule has 6 heteroatoms. The average molecular weight is 984 g/mol. The van der Waals surface area contributed by atoms with Gasteiger partial charge in [0.05, 0.1) is 23.6 Å². The standard InChI is InChI=1S/C55H48N4O.Pt/c1-38-33-54(56-36-49(38)41-21-9-4-10-22-41)59-50-28-12-11-25-47(50)48-32-31-44(35-53(48)59)60-43-24-15-23-42(34-43)57-37-58(52-30-14-13-29-51(52)57)55-45(39-17-5-2-6-18-39)26-16-27-46(55)40-19-7-3-8-20-40;/h4,9-16,21-33,36,39-40H,2-3,5-8,17-20H2,1H3;/q-2;/i1D3,4D,9D,10D,21D,22D;. The molecule has 0 N–H and O–H groups in total. The molecule has 3 aromatic heterocycles. The second-order valence-electron chi connectivity index (χ2n) is 16.2. The quantitative estimate of drug-likeness (QED) is 0.112. The number of benzene rings is 6. The van der Waals surface area contributed by atoms with E-state index in [-0.39, 0.29) is 43.6 Å². The van der Waals surface area contributed by atoms with Crippen LogP contribution in [-0.4, -0.2) is 14.1 Å². The van der Waals surface area contributed by atoms with E-state index >= 15 is 0 Å². The number of imidazole rings is 1. The number of nitrogens with zero attached hydrogens (tertiary/aromatic N) is 4. The van der Waals surface area contributed by atoms with Crippen LogP contribution in [-0.2, 0) is 21.1 Å². The van der Waals surface area contributed by atoms with Crippen molar-refractivity contribution in [3.63, 3.8) is 0 Å². The van der Waals surface area contributed by atoms with E-state index in [0.29, 0.717) is 28.9 Å². The van der Waals surface area contributed by atoms with E-state index in [4.69, 9.17) is 20.7 Å². The van der Waals surface area contributed by atoms with Gasteiger partial charge in [-0.3, -0.25) is 4.57 Å². The maximum Gasteiger partial charge on any atom is 0.268 e. The molecule has 0 amide bonds. The fraction of sp³-hybridized carbons (Fsp3) is 0.236. The van der Waals surface area contributed by atoms with Crippen molar-refractivity contribution in [2.75, 3.05) is 0 Å². The van der Waals surface area contributed by atoms with Crippen LogP contribution in [0.3, 0.4) is 0 Å². The van der Waals surface area contributed by atoms with Crippen LogP contribution in [0.5, 0.6) is 11.5 Å². The van der Waals surface area contributed by atoms with Gasteiger partial charge in [-0.05, 0) is 89.8 Å². The Bertz CT molecular complexity index is 3360. The molecule has 3 heterocycles. The molecular weight excluding hydrogens is 928 g/mol. The molecule has 11 rings (SSSR count). The zero-order chi connectivity index (χ0) is 46.8. The summed E-state index contributed by atoms with van der Waals surface area (Å²) >= 11 is 0. The van der Waals surface area contributed by atoms with Crippen LogP contribution in [0.2, 0.25) is 0 Å². The van der Waals surface area contributed by atoms with Crippen molar-refractivity contribution in [2.24, 2.45) is 0 Å². The molecule has 0 radical (unpaired) electrons.